The molecule has 0 amide bonds. The normalized spacial score (nSPS) is 19.0. The molecule has 0 bridgehead atoms. The van der Waals surface area contributed by atoms with Crippen molar-refractivity contribution in [2.45, 2.75) is 25.4 Å². The molecule has 0 saturated carbocycles. The van der Waals surface area contributed by atoms with Gasteiger partial charge in [0, 0.05) is 23.1 Å². The van der Waals surface area contributed by atoms with E-state index in [1.54, 1.807) is 0 Å². The second kappa shape index (κ2) is 3.89. The highest BCUT2D eigenvalue weighted by Gasteiger charge is 2.20. The fraction of sp³-hybridized carbons (Fsp3) is 0.308. The molecular weight excluding hydrogens is 212 g/mol. The lowest BCUT2D eigenvalue weighted by Gasteiger charge is -2.23. The van der Waals surface area contributed by atoms with Crippen LogP contribution in [-0.4, -0.2) is 9.55 Å². The minimum absolute atomic E-state index is 0.0395. The lowest BCUT2D eigenvalue weighted by molar-refractivity contribution is 0.418. The van der Waals surface area contributed by atoms with Crippen LogP contribution in [0.25, 0.3) is 11.4 Å². The van der Waals surface area contributed by atoms with Crippen LogP contribution in [-0.2, 0) is 6.42 Å². The summed E-state index contributed by atoms with van der Waals surface area (Å²) in [4.78, 5) is 4.49. The van der Waals surface area contributed by atoms with Gasteiger partial charge < -0.3 is 16.0 Å². The highest BCUT2D eigenvalue weighted by atomic mass is 15.2. The third kappa shape index (κ3) is 1.70. The van der Waals surface area contributed by atoms with Crippen LogP contribution in [0.2, 0.25) is 0 Å². The fourth-order valence-electron chi connectivity index (χ4n) is 2.46. The maximum atomic E-state index is 6.16. The van der Waals surface area contributed by atoms with Gasteiger partial charge >= 0.3 is 0 Å². The van der Waals surface area contributed by atoms with Crippen molar-refractivity contribution in [1.29, 1.82) is 0 Å². The number of benzene rings is 1. The van der Waals surface area contributed by atoms with E-state index < -0.39 is 0 Å². The van der Waals surface area contributed by atoms with Crippen molar-refractivity contribution in [2.75, 3.05) is 5.73 Å². The number of nitrogen functional groups attached to an aromatic ring is 1. The molecule has 1 aliphatic heterocycles. The molecule has 4 N–H and O–H groups in total. The van der Waals surface area contributed by atoms with Crippen LogP contribution in [0.3, 0.4) is 0 Å². The first-order chi connectivity index (χ1) is 8.25. The van der Waals surface area contributed by atoms with E-state index in [2.05, 4.69) is 9.55 Å². The lowest BCUT2D eigenvalue weighted by Crippen LogP contribution is -2.25. The van der Waals surface area contributed by atoms with Crippen LogP contribution in [0.4, 0.5) is 5.69 Å². The Bertz CT molecular complexity index is 544. The molecular formula is C13H16N4. The summed E-state index contributed by atoms with van der Waals surface area (Å²) in [7, 11) is 0. The Morgan fingerprint density at radius 3 is 3.06 bits per heavy atom. The van der Waals surface area contributed by atoms with Gasteiger partial charge in [0.05, 0.1) is 6.17 Å². The summed E-state index contributed by atoms with van der Waals surface area (Å²) < 4.78 is 2.14. The van der Waals surface area contributed by atoms with Gasteiger partial charge in [0.2, 0.25) is 0 Å². The average Bonchev–Trinajstić information content (AvgIpc) is 2.74. The zero-order valence-corrected chi connectivity index (χ0v) is 9.63. The number of aryl methyl sites for hydroxylation is 1. The third-order valence-corrected chi connectivity index (χ3v) is 3.28. The van der Waals surface area contributed by atoms with E-state index >= 15 is 0 Å². The molecule has 4 nitrogen and oxygen atoms in total. The highest BCUT2D eigenvalue weighted by molar-refractivity contribution is 5.62. The first-order valence-corrected chi connectivity index (χ1v) is 5.93. The van der Waals surface area contributed by atoms with E-state index in [0.29, 0.717) is 0 Å². The Labute approximate surface area is 100 Å². The number of imidazole rings is 1. The van der Waals surface area contributed by atoms with Gasteiger partial charge in [-0.1, -0.05) is 12.1 Å². The van der Waals surface area contributed by atoms with Crippen molar-refractivity contribution in [3.8, 4) is 11.4 Å². The number of hydrogen-bond donors (Lipinski definition) is 2. The fourth-order valence-corrected chi connectivity index (χ4v) is 2.46. The summed E-state index contributed by atoms with van der Waals surface area (Å²) in [6.07, 6.45) is 5.18. The van der Waals surface area contributed by atoms with E-state index in [1.165, 1.54) is 5.69 Å². The first-order valence-electron chi connectivity index (χ1n) is 5.93. The highest BCUT2D eigenvalue weighted by Crippen LogP contribution is 2.29. The summed E-state index contributed by atoms with van der Waals surface area (Å²) in [6, 6.07) is 7.79. The standard InChI is InChI=1S/C13H16N4/c14-10-4-1-3-9(7-10)13-16-8-11-5-2-6-12(15)17(11)13/h1,3-4,7-8,12H,2,5-6,14-15H2. The summed E-state index contributed by atoms with van der Waals surface area (Å²) in [5, 5.41) is 0. The largest absolute Gasteiger partial charge is 0.399 e. The predicted molar refractivity (Wildman–Crippen MR) is 68.2 cm³/mol. The number of nitrogens with two attached hydrogens (primary N) is 2. The van der Waals surface area contributed by atoms with E-state index in [-0.39, 0.29) is 6.17 Å². The van der Waals surface area contributed by atoms with E-state index in [0.717, 1.165) is 36.3 Å². The molecule has 0 saturated heterocycles. The monoisotopic (exact) mass is 228 g/mol. The number of nitrogens with zero attached hydrogens (tertiary/aromatic N) is 2. The molecule has 1 unspecified atom stereocenters. The van der Waals surface area contributed by atoms with Gasteiger partial charge in [-0.3, -0.25) is 0 Å². The quantitative estimate of drug-likeness (QED) is 0.733. The van der Waals surface area contributed by atoms with Gasteiger partial charge in [0.15, 0.2) is 0 Å². The molecule has 1 aromatic carbocycles. The van der Waals surface area contributed by atoms with Gasteiger partial charge in [-0.05, 0) is 31.4 Å². The smallest absolute Gasteiger partial charge is 0.141 e. The minimum Gasteiger partial charge on any atom is -0.399 e. The number of hydrogen-bond acceptors (Lipinski definition) is 3. The molecule has 1 atom stereocenters. The number of anilines is 1. The molecule has 3 rings (SSSR count). The minimum atomic E-state index is 0.0395. The Balaban J connectivity index is 2.13. The van der Waals surface area contributed by atoms with E-state index in [4.69, 9.17) is 11.5 Å². The average molecular weight is 228 g/mol. The number of fused-ring (bicyclic) bond motifs is 1. The van der Waals surface area contributed by atoms with Crippen LogP contribution in [0, 0.1) is 0 Å². The predicted octanol–water partition coefficient (Wildman–Crippen LogP) is 1.93. The zero-order chi connectivity index (χ0) is 11.8. The zero-order valence-electron chi connectivity index (χ0n) is 9.63. The van der Waals surface area contributed by atoms with Crippen molar-refractivity contribution in [1.82, 2.24) is 9.55 Å². The Hall–Kier alpha value is -1.81. The molecule has 0 radical (unpaired) electrons. The molecule has 2 heterocycles. The van der Waals surface area contributed by atoms with Crippen LogP contribution >= 0.6 is 0 Å². The summed E-state index contributed by atoms with van der Waals surface area (Å²) in [6.45, 7) is 0. The summed E-state index contributed by atoms with van der Waals surface area (Å²) in [5.74, 6) is 0.930. The molecule has 88 valence electrons. The molecule has 0 spiro atoms. The molecule has 4 heteroatoms. The molecule has 1 aliphatic rings. The first kappa shape index (κ1) is 10.4. The van der Waals surface area contributed by atoms with Crippen LogP contribution in [0.1, 0.15) is 24.7 Å². The summed E-state index contributed by atoms with van der Waals surface area (Å²) in [5.41, 5.74) is 15.0. The topological polar surface area (TPSA) is 69.9 Å². The Morgan fingerprint density at radius 2 is 2.24 bits per heavy atom. The Morgan fingerprint density at radius 1 is 1.35 bits per heavy atom. The molecule has 17 heavy (non-hydrogen) atoms. The molecule has 0 fully saturated rings. The van der Waals surface area contributed by atoms with Crippen molar-refractivity contribution in [3.05, 3.63) is 36.2 Å². The maximum Gasteiger partial charge on any atom is 0.141 e. The Kier molecular flexibility index (Phi) is 2.37. The van der Waals surface area contributed by atoms with E-state index in [9.17, 15) is 0 Å². The van der Waals surface area contributed by atoms with Gasteiger partial charge in [0.25, 0.3) is 0 Å². The van der Waals surface area contributed by atoms with Crippen molar-refractivity contribution in [2.24, 2.45) is 5.73 Å². The third-order valence-electron chi connectivity index (χ3n) is 3.28. The van der Waals surface area contributed by atoms with Crippen LogP contribution in [0.5, 0.6) is 0 Å². The molecule has 1 aromatic heterocycles. The lowest BCUT2D eigenvalue weighted by atomic mass is 10.1. The maximum absolute atomic E-state index is 6.16. The molecule has 0 aliphatic carbocycles. The van der Waals surface area contributed by atoms with Crippen LogP contribution in [0.15, 0.2) is 30.5 Å². The second-order valence-electron chi connectivity index (χ2n) is 4.53. The van der Waals surface area contributed by atoms with Gasteiger partial charge in [-0.25, -0.2) is 4.98 Å². The second-order valence-corrected chi connectivity index (χ2v) is 4.53. The van der Waals surface area contributed by atoms with Crippen molar-refractivity contribution < 1.29 is 0 Å². The van der Waals surface area contributed by atoms with E-state index in [1.807, 2.05) is 30.5 Å². The number of aromatic nitrogens is 2. The van der Waals surface area contributed by atoms with Gasteiger partial charge in [-0.2, -0.15) is 0 Å². The van der Waals surface area contributed by atoms with Gasteiger partial charge in [0.1, 0.15) is 5.82 Å². The SMILES string of the molecule is Nc1cccc(-c2ncc3n2C(N)CCC3)c1. The van der Waals surface area contributed by atoms with Gasteiger partial charge in [-0.15, -0.1) is 0 Å². The van der Waals surface area contributed by atoms with Crippen molar-refractivity contribution in [3.63, 3.8) is 0 Å². The molecule has 2 aromatic rings. The summed E-state index contributed by atoms with van der Waals surface area (Å²) >= 11 is 0. The van der Waals surface area contributed by atoms with Crippen LogP contribution < -0.4 is 11.5 Å². The van der Waals surface area contributed by atoms with Crippen molar-refractivity contribution >= 4 is 5.69 Å². The number of rotatable bonds is 1.